The lowest BCUT2D eigenvalue weighted by Gasteiger charge is -2.29. The zero-order valence-corrected chi connectivity index (χ0v) is 19.3. The maximum Gasteiger partial charge on any atom is 0.322 e. The van der Waals surface area contributed by atoms with Crippen LogP contribution in [0.4, 0.5) is 10.5 Å². The van der Waals surface area contributed by atoms with Gasteiger partial charge in [0.25, 0.3) is 0 Å². The minimum atomic E-state index is -0.119. The molecule has 5 nitrogen and oxygen atoms in total. The summed E-state index contributed by atoms with van der Waals surface area (Å²) in [4.78, 5) is 14.9. The molecule has 1 N–H and O–H groups in total. The summed E-state index contributed by atoms with van der Waals surface area (Å²) in [6, 6.07) is 23.6. The highest BCUT2D eigenvalue weighted by atomic mass is 16.5. The molecule has 3 aromatic rings. The average Bonchev–Trinajstić information content (AvgIpc) is 2.83. The molecule has 0 saturated carbocycles. The van der Waals surface area contributed by atoms with Crippen LogP contribution in [0.15, 0.2) is 72.8 Å². The first-order chi connectivity index (χ1) is 15.5. The van der Waals surface area contributed by atoms with Crippen molar-refractivity contribution in [2.24, 2.45) is 0 Å². The first-order valence-corrected chi connectivity index (χ1v) is 11.0. The van der Waals surface area contributed by atoms with E-state index in [1.807, 2.05) is 84.6 Å². The fourth-order valence-corrected chi connectivity index (χ4v) is 3.34. The van der Waals surface area contributed by atoms with Gasteiger partial charge in [0.2, 0.25) is 0 Å². The van der Waals surface area contributed by atoms with Gasteiger partial charge in [-0.1, -0.05) is 61.0 Å². The molecular formula is C27H32N2O3. The first-order valence-electron chi connectivity index (χ1n) is 11.0. The number of urea groups is 1. The van der Waals surface area contributed by atoms with Gasteiger partial charge in [-0.15, -0.1) is 0 Å². The fraction of sp³-hybridized carbons (Fsp3) is 0.296. The second kappa shape index (κ2) is 11.2. The zero-order chi connectivity index (χ0) is 22.9. The van der Waals surface area contributed by atoms with Crippen molar-refractivity contribution in [1.82, 2.24) is 4.90 Å². The van der Waals surface area contributed by atoms with E-state index in [0.717, 1.165) is 28.8 Å². The Morgan fingerprint density at radius 2 is 1.69 bits per heavy atom. The minimum absolute atomic E-state index is 0.0838. The molecule has 0 bridgehead atoms. The molecule has 0 aliphatic rings. The predicted molar refractivity (Wildman–Crippen MR) is 129 cm³/mol. The Hall–Kier alpha value is -3.47. The molecule has 0 fully saturated rings. The summed E-state index contributed by atoms with van der Waals surface area (Å²) in [7, 11) is 1.63. The minimum Gasteiger partial charge on any atom is -0.493 e. The van der Waals surface area contributed by atoms with E-state index in [0.29, 0.717) is 24.7 Å². The number of methoxy groups -OCH3 is 1. The number of nitrogens with zero attached hydrogens (tertiary/aromatic N) is 1. The Kier molecular flexibility index (Phi) is 8.14. The van der Waals surface area contributed by atoms with Crippen LogP contribution < -0.4 is 14.8 Å². The van der Waals surface area contributed by atoms with Crippen molar-refractivity contribution < 1.29 is 14.3 Å². The van der Waals surface area contributed by atoms with Crippen LogP contribution in [-0.4, -0.2) is 24.1 Å². The molecule has 1 unspecified atom stereocenters. The maximum atomic E-state index is 13.0. The fourth-order valence-electron chi connectivity index (χ4n) is 3.34. The predicted octanol–water partition coefficient (Wildman–Crippen LogP) is 6.42. The summed E-state index contributed by atoms with van der Waals surface area (Å²) in [6.45, 7) is 7.11. The van der Waals surface area contributed by atoms with Gasteiger partial charge in [-0.05, 0) is 55.7 Å². The van der Waals surface area contributed by atoms with Gasteiger partial charge in [0.05, 0.1) is 7.11 Å². The van der Waals surface area contributed by atoms with Gasteiger partial charge in [0.1, 0.15) is 6.61 Å². The Balaban J connectivity index is 1.72. The smallest absolute Gasteiger partial charge is 0.322 e. The van der Waals surface area contributed by atoms with E-state index >= 15 is 0 Å². The number of anilines is 1. The van der Waals surface area contributed by atoms with Crippen molar-refractivity contribution in [3.05, 3.63) is 89.5 Å². The Bertz CT molecular complexity index is 1000. The normalized spacial score (nSPS) is 11.5. The van der Waals surface area contributed by atoms with Gasteiger partial charge < -0.3 is 19.7 Å². The first kappa shape index (κ1) is 23.2. The van der Waals surface area contributed by atoms with Crippen LogP contribution in [0.25, 0.3) is 0 Å². The molecule has 0 aliphatic carbocycles. The summed E-state index contributed by atoms with van der Waals surface area (Å²) in [5.41, 5.74) is 4.02. The molecule has 0 radical (unpaired) electrons. The lowest BCUT2D eigenvalue weighted by atomic mass is 10.1. The van der Waals surface area contributed by atoms with E-state index in [4.69, 9.17) is 9.47 Å². The number of nitrogens with one attached hydrogen (secondary N) is 1. The number of benzene rings is 3. The van der Waals surface area contributed by atoms with E-state index < -0.39 is 0 Å². The molecule has 1 atom stereocenters. The second-order valence-corrected chi connectivity index (χ2v) is 7.94. The van der Waals surface area contributed by atoms with E-state index in [1.54, 1.807) is 7.11 Å². The molecule has 0 aromatic heterocycles. The molecule has 0 spiro atoms. The highest BCUT2D eigenvalue weighted by Crippen LogP contribution is 2.30. The van der Waals surface area contributed by atoms with Crippen LogP contribution in [-0.2, 0) is 13.2 Å². The van der Waals surface area contributed by atoms with Gasteiger partial charge in [-0.2, -0.15) is 0 Å². The van der Waals surface area contributed by atoms with Crippen LogP contribution in [0.5, 0.6) is 11.5 Å². The Morgan fingerprint density at radius 3 is 2.34 bits per heavy atom. The molecule has 0 aliphatic heterocycles. The molecule has 2 amide bonds. The molecule has 168 valence electrons. The standard InChI is InChI=1S/C27H32N2O3/c1-5-21(3)29(27(30)28-24-14-11-20(2)12-15-24)18-23-13-16-25(26(17-23)31-4)32-19-22-9-7-6-8-10-22/h6-17,21H,5,18-19H2,1-4H3,(H,28,30). The van der Waals surface area contributed by atoms with Crippen LogP contribution in [0.2, 0.25) is 0 Å². The lowest BCUT2D eigenvalue weighted by Crippen LogP contribution is -2.40. The summed E-state index contributed by atoms with van der Waals surface area (Å²) < 4.78 is 11.5. The molecule has 5 heteroatoms. The number of hydrogen-bond donors (Lipinski definition) is 1. The van der Waals surface area contributed by atoms with Crippen molar-refractivity contribution in [2.75, 3.05) is 12.4 Å². The van der Waals surface area contributed by atoms with Crippen LogP contribution >= 0.6 is 0 Å². The summed E-state index contributed by atoms with van der Waals surface area (Å²) >= 11 is 0. The summed E-state index contributed by atoms with van der Waals surface area (Å²) in [5.74, 6) is 1.33. The van der Waals surface area contributed by atoms with Gasteiger partial charge >= 0.3 is 6.03 Å². The Morgan fingerprint density at radius 1 is 0.969 bits per heavy atom. The summed E-state index contributed by atoms with van der Waals surface area (Å²) in [6.07, 6.45) is 0.858. The van der Waals surface area contributed by atoms with Gasteiger partial charge in [0, 0.05) is 18.3 Å². The number of rotatable bonds is 9. The molecular weight excluding hydrogens is 400 g/mol. The second-order valence-electron chi connectivity index (χ2n) is 7.94. The third-order valence-electron chi connectivity index (χ3n) is 5.50. The largest absolute Gasteiger partial charge is 0.493 e. The van der Waals surface area contributed by atoms with E-state index in [-0.39, 0.29) is 12.1 Å². The Labute approximate surface area is 191 Å². The number of carbonyl (C=O) groups is 1. The van der Waals surface area contributed by atoms with Crippen molar-refractivity contribution >= 4 is 11.7 Å². The molecule has 0 saturated heterocycles. The monoisotopic (exact) mass is 432 g/mol. The highest BCUT2D eigenvalue weighted by molar-refractivity contribution is 5.89. The summed E-state index contributed by atoms with van der Waals surface area (Å²) in [5, 5.41) is 3.01. The quantitative estimate of drug-likeness (QED) is 0.425. The van der Waals surface area contributed by atoms with E-state index in [2.05, 4.69) is 19.2 Å². The number of aryl methyl sites for hydroxylation is 1. The van der Waals surface area contributed by atoms with Crippen molar-refractivity contribution in [1.29, 1.82) is 0 Å². The van der Waals surface area contributed by atoms with E-state index in [9.17, 15) is 4.79 Å². The van der Waals surface area contributed by atoms with Crippen LogP contribution in [0, 0.1) is 6.92 Å². The highest BCUT2D eigenvalue weighted by Gasteiger charge is 2.20. The van der Waals surface area contributed by atoms with E-state index in [1.165, 1.54) is 0 Å². The number of amides is 2. The molecule has 32 heavy (non-hydrogen) atoms. The zero-order valence-electron chi connectivity index (χ0n) is 19.3. The third kappa shape index (κ3) is 6.27. The number of carbonyl (C=O) groups excluding carboxylic acids is 1. The topological polar surface area (TPSA) is 50.8 Å². The van der Waals surface area contributed by atoms with Crippen molar-refractivity contribution in [3.8, 4) is 11.5 Å². The molecule has 3 rings (SSSR count). The van der Waals surface area contributed by atoms with Crippen LogP contribution in [0.1, 0.15) is 37.0 Å². The average molecular weight is 433 g/mol. The maximum absolute atomic E-state index is 13.0. The van der Waals surface area contributed by atoms with Gasteiger partial charge in [-0.25, -0.2) is 4.79 Å². The SMILES string of the molecule is CCC(C)N(Cc1ccc(OCc2ccccc2)c(OC)c1)C(=O)Nc1ccc(C)cc1. The van der Waals surface area contributed by atoms with Gasteiger partial charge in [-0.3, -0.25) is 0 Å². The van der Waals surface area contributed by atoms with Crippen molar-refractivity contribution in [3.63, 3.8) is 0 Å². The molecule has 0 heterocycles. The number of ether oxygens (including phenoxy) is 2. The third-order valence-corrected chi connectivity index (χ3v) is 5.50. The lowest BCUT2D eigenvalue weighted by molar-refractivity contribution is 0.187. The van der Waals surface area contributed by atoms with Gasteiger partial charge in [0.15, 0.2) is 11.5 Å². The van der Waals surface area contributed by atoms with Crippen LogP contribution in [0.3, 0.4) is 0 Å². The number of hydrogen-bond acceptors (Lipinski definition) is 3. The molecule has 3 aromatic carbocycles. The van der Waals surface area contributed by atoms with Crippen molar-refractivity contribution in [2.45, 2.75) is 46.4 Å².